The van der Waals surface area contributed by atoms with Crippen LogP contribution in [0.4, 0.5) is 8.78 Å². The number of carbonyl (C=O) groups excluding carboxylic acids is 2. The highest BCUT2D eigenvalue weighted by Crippen LogP contribution is 2.44. The minimum absolute atomic E-state index is 0.171. The molecule has 0 heterocycles. The molecule has 0 bridgehead atoms. The van der Waals surface area contributed by atoms with Gasteiger partial charge in [-0.2, -0.15) is 0 Å². The van der Waals surface area contributed by atoms with E-state index in [2.05, 4.69) is 12.2 Å². The van der Waals surface area contributed by atoms with Gasteiger partial charge in [0.05, 0.1) is 0 Å². The summed E-state index contributed by atoms with van der Waals surface area (Å²) < 4.78 is 26.7. The topological polar surface area (TPSA) is 72.2 Å². The predicted octanol–water partition coefficient (Wildman–Crippen LogP) is 2.80. The standard InChI is InChI=1S/C19H26F2N2O2/c1-3-23-19(25)17(9-13-6-11(13)2)16(18(22)24)5-4-12-7-14(20)10-15(21)8-12/h7-8,10-11,13,16-17H,3-6,9H2,1-2H3,(H2,22,24)(H,23,25)/t11?,13?,16-,17+/m0/s1. The van der Waals surface area contributed by atoms with Crippen molar-refractivity contribution in [3.8, 4) is 0 Å². The lowest BCUT2D eigenvalue weighted by Gasteiger charge is -2.24. The third-order valence-corrected chi connectivity index (χ3v) is 5.04. The van der Waals surface area contributed by atoms with Gasteiger partial charge >= 0.3 is 0 Å². The fraction of sp³-hybridized carbons (Fsp3) is 0.579. The van der Waals surface area contributed by atoms with Crippen molar-refractivity contribution in [1.82, 2.24) is 5.32 Å². The van der Waals surface area contributed by atoms with Crippen molar-refractivity contribution in [2.75, 3.05) is 6.54 Å². The summed E-state index contributed by atoms with van der Waals surface area (Å²) in [6.45, 7) is 4.42. The SMILES string of the molecule is CCNC(=O)[C@H](CC1CC1C)[C@H](CCc1cc(F)cc(F)c1)C(N)=O. The van der Waals surface area contributed by atoms with Crippen molar-refractivity contribution in [2.45, 2.75) is 39.5 Å². The Bertz CT molecular complexity index is 616. The molecular formula is C19H26F2N2O2. The average Bonchev–Trinajstić information content (AvgIpc) is 3.20. The summed E-state index contributed by atoms with van der Waals surface area (Å²) in [6.07, 6.45) is 2.26. The molecule has 0 saturated heterocycles. The Labute approximate surface area is 147 Å². The molecule has 6 heteroatoms. The maximum absolute atomic E-state index is 13.3. The van der Waals surface area contributed by atoms with E-state index >= 15 is 0 Å². The van der Waals surface area contributed by atoms with Gasteiger partial charge in [0.25, 0.3) is 0 Å². The van der Waals surface area contributed by atoms with Gasteiger partial charge in [-0.15, -0.1) is 0 Å². The normalized spacial score (nSPS) is 21.4. The van der Waals surface area contributed by atoms with Gasteiger partial charge in [0.15, 0.2) is 0 Å². The van der Waals surface area contributed by atoms with E-state index in [1.54, 1.807) is 0 Å². The van der Waals surface area contributed by atoms with Crippen molar-refractivity contribution in [3.63, 3.8) is 0 Å². The molecule has 1 aliphatic rings. The van der Waals surface area contributed by atoms with Gasteiger partial charge < -0.3 is 11.1 Å². The Hall–Kier alpha value is -1.98. The van der Waals surface area contributed by atoms with E-state index in [4.69, 9.17) is 5.73 Å². The zero-order valence-electron chi connectivity index (χ0n) is 14.7. The van der Waals surface area contributed by atoms with E-state index < -0.39 is 29.4 Å². The highest BCUT2D eigenvalue weighted by atomic mass is 19.1. The van der Waals surface area contributed by atoms with Crippen molar-refractivity contribution in [3.05, 3.63) is 35.4 Å². The van der Waals surface area contributed by atoms with Gasteiger partial charge in [0.1, 0.15) is 11.6 Å². The molecule has 1 aromatic carbocycles. The lowest BCUT2D eigenvalue weighted by atomic mass is 9.82. The van der Waals surface area contributed by atoms with Gasteiger partial charge in [-0.1, -0.05) is 6.92 Å². The summed E-state index contributed by atoms with van der Waals surface area (Å²) in [4.78, 5) is 24.4. The number of hydrogen-bond donors (Lipinski definition) is 2. The van der Waals surface area contributed by atoms with Crippen LogP contribution < -0.4 is 11.1 Å². The van der Waals surface area contributed by atoms with Crippen LogP contribution in [0.2, 0.25) is 0 Å². The van der Waals surface area contributed by atoms with E-state index in [9.17, 15) is 18.4 Å². The molecule has 3 N–H and O–H groups in total. The van der Waals surface area contributed by atoms with Gasteiger partial charge in [0, 0.05) is 24.4 Å². The smallest absolute Gasteiger partial charge is 0.223 e. The largest absolute Gasteiger partial charge is 0.369 e. The summed E-state index contributed by atoms with van der Waals surface area (Å²) in [6, 6.07) is 3.29. The molecule has 0 aliphatic heterocycles. The van der Waals surface area contributed by atoms with E-state index in [1.165, 1.54) is 12.1 Å². The van der Waals surface area contributed by atoms with Crippen LogP contribution in [0.1, 0.15) is 38.7 Å². The monoisotopic (exact) mass is 352 g/mol. The van der Waals surface area contributed by atoms with Crippen LogP contribution in [-0.2, 0) is 16.0 Å². The van der Waals surface area contributed by atoms with Crippen molar-refractivity contribution >= 4 is 11.8 Å². The summed E-state index contributed by atoms with van der Waals surface area (Å²) in [7, 11) is 0. The van der Waals surface area contributed by atoms with E-state index in [-0.39, 0.29) is 5.91 Å². The maximum Gasteiger partial charge on any atom is 0.223 e. The van der Waals surface area contributed by atoms with E-state index in [1.807, 2.05) is 6.92 Å². The molecule has 1 saturated carbocycles. The number of amides is 2. The zero-order chi connectivity index (χ0) is 18.6. The van der Waals surface area contributed by atoms with Crippen molar-refractivity contribution in [1.29, 1.82) is 0 Å². The molecule has 138 valence electrons. The van der Waals surface area contributed by atoms with Crippen LogP contribution in [0, 0.1) is 35.3 Å². The lowest BCUT2D eigenvalue weighted by Crippen LogP contribution is -2.41. The Morgan fingerprint density at radius 3 is 2.32 bits per heavy atom. The third kappa shape index (κ3) is 5.51. The lowest BCUT2D eigenvalue weighted by molar-refractivity contribution is -0.134. The van der Waals surface area contributed by atoms with Crippen LogP contribution >= 0.6 is 0 Å². The summed E-state index contributed by atoms with van der Waals surface area (Å²) in [5, 5.41) is 2.78. The number of hydrogen-bond acceptors (Lipinski definition) is 2. The molecule has 1 aliphatic carbocycles. The molecule has 4 atom stereocenters. The molecule has 25 heavy (non-hydrogen) atoms. The molecule has 2 rings (SSSR count). The maximum atomic E-state index is 13.3. The molecule has 4 nitrogen and oxygen atoms in total. The first-order chi connectivity index (χ1) is 11.8. The quantitative estimate of drug-likeness (QED) is 0.717. The molecule has 1 aromatic rings. The van der Waals surface area contributed by atoms with Gasteiger partial charge in [-0.3, -0.25) is 9.59 Å². The van der Waals surface area contributed by atoms with Gasteiger partial charge in [-0.05, 0) is 62.1 Å². The number of nitrogens with one attached hydrogen (secondary N) is 1. The highest BCUT2D eigenvalue weighted by Gasteiger charge is 2.40. The number of benzene rings is 1. The molecule has 0 radical (unpaired) electrons. The first-order valence-corrected chi connectivity index (χ1v) is 8.83. The first-order valence-electron chi connectivity index (χ1n) is 8.83. The summed E-state index contributed by atoms with van der Waals surface area (Å²) in [5.41, 5.74) is 6.02. The number of rotatable bonds is 9. The molecular weight excluding hydrogens is 326 g/mol. The minimum Gasteiger partial charge on any atom is -0.369 e. The molecule has 1 fully saturated rings. The van der Waals surface area contributed by atoms with E-state index in [0.29, 0.717) is 43.2 Å². The number of aryl methyl sites for hydroxylation is 1. The fourth-order valence-corrected chi connectivity index (χ4v) is 3.43. The van der Waals surface area contributed by atoms with Crippen LogP contribution in [0.5, 0.6) is 0 Å². The second kappa shape index (κ2) is 8.41. The predicted molar refractivity (Wildman–Crippen MR) is 91.4 cm³/mol. The van der Waals surface area contributed by atoms with Crippen molar-refractivity contribution < 1.29 is 18.4 Å². The second-order valence-electron chi connectivity index (χ2n) is 7.04. The first kappa shape index (κ1) is 19.3. The summed E-state index contributed by atoms with van der Waals surface area (Å²) >= 11 is 0. The Morgan fingerprint density at radius 1 is 1.24 bits per heavy atom. The Morgan fingerprint density at radius 2 is 1.84 bits per heavy atom. The second-order valence-corrected chi connectivity index (χ2v) is 7.04. The molecule has 2 unspecified atom stereocenters. The number of halogens is 2. The molecule has 0 spiro atoms. The van der Waals surface area contributed by atoms with Gasteiger partial charge in [-0.25, -0.2) is 8.78 Å². The molecule has 2 amide bonds. The number of carbonyl (C=O) groups is 2. The van der Waals surface area contributed by atoms with Crippen LogP contribution in [0.25, 0.3) is 0 Å². The average molecular weight is 352 g/mol. The van der Waals surface area contributed by atoms with Crippen molar-refractivity contribution in [2.24, 2.45) is 29.4 Å². The Kier molecular flexibility index (Phi) is 6.51. The van der Waals surface area contributed by atoms with Crippen LogP contribution in [0.15, 0.2) is 18.2 Å². The summed E-state index contributed by atoms with van der Waals surface area (Å²) in [5.74, 6) is -2.17. The minimum atomic E-state index is -0.655. The highest BCUT2D eigenvalue weighted by molar-refractivity contribution is 5.86. The van der Waals surface area contributed by atoms with Crippen LogP contribution in [0.3, 0.4) is 0 Å². The third-order valence-electron chi connectivity index (χ3n) is 5.04. The zero-order valence-corrected chi connectivity index (χ0v) is 14.7. The van der Waals surface area contributed by atoms with E-state index in [0.717, 1.165) is 12.5 Å². The fourth-order valence-electron chi connectivity index (χ4n) is 3.43. The Balaban J connectivity index is 2.11. The van der Waals surface area contributed by atoms with Gasteiger partial charge in [0.2, 0.25) is 11.8 Å². The number of nitrogens with two attached hydrogens (primary N) is 1. The van der Waals surface area contributed by atoms with Crippen LogP contribution in [-0.4, -0.2) is 18.4 Å². The molecule has 0 aromatic heterocycles. The number of primary amides is 1.